The molecule has 2 aromatic carbocycles. The van der Waals surface area contributed by atoms with Crippen molar-refractivity contribution >= 4 is 28.4 Å². The van der Waals surface area contributed by atoms with Gasteiger partial charge in [0.1, 0.15) is 6.54 Å². The lowest BCUT2D eigenvalue weighted by Gasteiger charge is -2.13. The Bertz CT molecular complexity index is 1250. The van der Waals surface area contributed by atoms with Gasteiger partial charge in [-0.15, -0.1) is 16.7 Å². The third kappa shape index (κ3) is 4.72. The number of amides is 2. The summed E-state index contributed by atoms with van der Waals surface area (Å²) in [5.41, 5.74) is 0.972. The second kappa shape index (κ2) is 10.2. The number of ether oxygens (including phenoxy) is 3. The minimum atomic E-state index is -0.719. The minimum Gasteiger partial charge on any atom is -0.493 e. The van der Waals surface area contributed by atoms with E-state index in [0.29, 0.717) is 28.2 Å². The van der Waals surface area contributed by atoms with Crippen molar-refractivity contribution in [2.24, 2.45) is 10.2 Å². The SMILES string of the molecule is C#CCn1c(O)c(N=NC(=O)CNC(=O)c2cc(OC)c(OC)c(OC)c2)c2ccccc21. The van der Waals surface area contributed by atoms with Crippen LogP contribution in [0, 0.1) is 12.3 Å². The van der Waals surface area contributed by atoms with Gasteiger partial charge in [-0.1, -0.05) is 24.1 Å². The summed E-state index contributed by atoms with van der Waals surface area (Å²) in [5, 5.41) is 21.0. The first-order valence-electron chi connectivity index (χ1n) is 9.71. The topological polar surface area (TPSA) is 124 Å². The van der Waals surface area contributed by atoms with Crippen molar-refractivity contribution in [1.29, 1.82) is 0 Å². The predicted octanol–water partition coefficient (Wildman–Crippen LogP) is 3.05. The zero-order chi connectivity index (χ0) is 24.0. The highest BCUT2D eigenvalue weighted by atomic mass is 16.5. The Morgan fingerprint density at radius 1 is 1.12 bits per heavy atom. The van der Waals surface area contributed by atoms with E-state index < -0.39 is 18.4 Å². The zero-order valence-electron chi connectivity index (χ0n) is 18.3. The lowest BCUT2D eigenvalue weighted by molar-refractivity contribution is -0.117. The number of rotatable bonds is 8. The van der Waals surface area contributed by atoms with Crippen LogP contribution in [0.25, 0.3) is 10.9 Å². The number of nitrogens with one attached hydrogen (secondary N) is 1. The fourth-order valence-corrected chi connectivity index (χ4v) is 3.23. The normalized spacial score (nSPS) is 10.7. The quantitative estimate of drug-likeness (QED) is 0.402. The number of hydrogen-bond acceptors (Lipinski definition) is 7. The van der Waals surface area contributed by atoms with Crippen LogP contribution in [0.3, 0.4) is 0 Å². The van der Waals surface area contributed by atoms with Gasteiger partial charge in [-0.3, -0.25) is 14.2 Å². The highest BCUT2D eigenvalue weighted by molar-refractivity contribution is 5.98. The average Bonchev–Trinajstić information content (AvgIpc) is 3.10. The van der Waals surface area contributed by atoms with Gasteiger partial charge in [-0.05, 0) is 18.2 Å². The molecule has 10 heteroatoms. The number of carbonyl (C=O) groups is 2. The van der Waals surface area contributed by atoms with Gasteiger partial charge in [0.15, 0.2) is 17.2 Å². The average molecular weight is 450 g/mol. The zero-order valence-corrected chi connectivity index (χ0v) is 18.3. The van der Waals surface area contributed by atoms with Crippen LogP contribution in [0.15, 0.2) is 46.6 Å². The Balaban J connectivity index is 1.75. The lowest BCUT2D eigenvalue weighted by Crippen LogP contribution is -2.28. The molecule has 2 N–H and O–H groups in total. The Morgan fingerprint density at radius 3 is 2.39 bits per heavy atom. The number of aromatic hydroxyl groups is 1. The van der Waals surface area contributed by atoms with Crippen molar-refractivity contribution in [1.82, 2.24) is 9.88 Å². The molecule has 3 rings (SSSR count). The van der Waals surface area contributed by atoms with Crippen molar-refractivity contribution < 1.29 is 28.9 Å². The number of nitrogens with zero attached hydrogens (tertiary/aromatic N) is 3. The molecule has 3 aromatic rings. The number of para-hydroxylation sites is 1. The molecular weight excluding hydrogens is 428 g/mol. The number of azo groups is 1. The van der Waals surface area contributed by atoms with E-state index in [1.807, 2.05) is 0 Å². The summed E-state index contributed by atoms with van der Waals surface area (Å²) in [6, 6.07) is 9.97. The Kier molecular flexibility index (Phi) is 7.15. The van der Waals surface area contributed by atoms with Gasteiger partial charge in [-0.2, -0.15) is 0 Å². The van der Waals surface area contributed by atoms with Crippen LogP contribution in [-0.2, 0) is 11.3 Å². The third-order valence-electron chi connectivity index (χ3n) is 4.76. The van der Waals surface area contributed by atoms with Crippen molar-refractivity contribution in [2.75, 3.05) is 27.9 Å². The fourth-order valence-electron chi connectivity index (χ4n) is 3.23. The maximum absolute atomic E-state index is 12.5. The smallest absolute Gasteiger partial charge is 0.283 e. The largest absolute Gasteiger partial charge is 0.493 e. The minimum absolute atomic E-state index is 0.116. The summed E-state index contributed by atoms with van der Waals surface area (Å²) in [6.45, 7) is -0.288. The van der Waals surface area contributed by atoms with Gasteiger partial charge in [0.2, 0.25) is 11.6 Å². The number of hydrogen-bond donors (Lipinski definition) is 2. The first kappa shape index (κ1) is 23.1. The van der Waals surface area contributed by atoms with Crippen LogP contribution in [0.2, 0.25) is 0 Å². The van der Waals surface area contributed by atoms with Crippen molar-refractivity contribution in [2.45, 2.75) is 6.54 Å². The molecule has 1 aromatic heterocycles. The molecule has 0 saturated heterocycles. The predicted molar refractivity (Wildman–Crippen MR) is 120 cm³/mol. The van der Waals surface area contributed by atoms with Crippen LogP contribution in [0.5, 0.6) is 23.1 Å². The van der Waals surface area contributed by atoms with E-state index in [9.17, 15) is 14.7 Å². The summed E-state index contributed by atoms with van der Waals surface area (Å²) >= 11 is 0. The van der Waals surface area contributed by atoms with Gasteiger partial charge >= 0.3 is 0 Å². The van der Waals surface area contributed by atoms with E-state index in [4.69, 9.17) is 20.6 Å². The molecule has 0 bridgehead atoms. The van der Waals surface area contributed by atoms with E-state index in [2.05, 4.69) is 21.5 Å². The third-order valence-corrected chi connectivity index (χ3v) is 4.76. The molecule has 10 nitrogen and oxygen atoms in total. The van der Waals surface area contributed by atoms with Crippen LogP contribution in [0.1, 0.15) is 10.4 Å². The molecular formula is C23H22N4O6. The highest BCUT2D eigenvalue weighted by Gasteiger charge is 2.18. The molecule has 0 aliphatic rings. The molecule has 0 radical (unpaired) electrons. The molecule has 0 saturated carbocycles. The number of aromatic nitrogens is 1. The number of fused-ring (bicyclic) bond motifs is 1. The molecule has 1 heterocycles. The van der Waals surface area contributed by atoms with E-state index in [1.54, 1.807) is 24.3 Å². The van der Waals surface area contributed by atoms with Gasteiger partial charge < -0.3 is 24.6 Å². The standard InChI is InChI=1S/C23H22N4O6/c1-5-10-27-16-9-7-6-8-15(16)20(23(27)30)26-25-19(28)13-24-22(29)14-11-17(31-2)21(33-4)18(12-14)32-3/h1,6-9,11-12,30H,10,13H2,2-4H3,(H,24,29). The van der Waals surface area contributed by atoms with Crippen LogP contribution < -0.4 is 19.5 Å². The van der Waals surface area contributed by atoms with Crippen LogP contribution in [-0.4, -0.2) is 49.4 Å². The molecule has 0 fully saturated rings. The molecule has 0 atom stereocenters. The molecule has 0 aliphatic carbocycles. The first-order chi connectivity index (χ1) is 15.9. The van der Waals surface area contributed by atoms with E-state index >= 15 is 0 Å². The monoisotopic (exact) mass is 450 g/mol. The summed E-state index contributed by atoms with van der Waals surface area (Å²) in [7, 11) is 4.31. The summed E-state index contributed by atoms with van der Waals surface area (Å²) in [4.78, 5) is 24.7. The fraction of sp³-hybridized carbons (Fsp3) is 0.217. The van der Waals surface area contributed by atoms with Gasteiger partial charge in [0.05, 0.1) is 33.4 Å². The molecule has 170 valence electrons. The molecule has 0 aliphatic heterocycles. The van der Waals surface area contributed by atoms with Crippen molar-refractivity contribution in [3.05, 3.63) is 42.0 Å². The van der Waals surface area contributed by atoms with E-state index in [1.165, 1.54) is 38.0 Å². The summed E-state index contributed by atoms with van der Waals surface area (Å²) in [5.74, 6) is 1.92. The maximum atomic E-state index is 12.5. The number of carbonyl (C=O) groups excluding carboxylic acids is 2. The van der Waals surface area contributed by atoms with Crippen LogP contribution >= 0.6 is 0 Å². The molecule has 33 heavy (non-hydrogen) atoms. The number of terminal acetylenes is 1. The number of methoxy groups -OCH3 is 3. The maximum Gasteiger partial charge on any atom is 0.283 e. The van der Waals surface area contributed by atoms with Crippen molar-refractivity contribution in [3.63, 3.8) is 0 Å². The Hall–Kier alpha value is -4.52. The van der Waals surface area contributed by atoms with Gasteiger partial charge in [0.25, 0.3) is 11.8 Å². The summed E-state index contributed by atoms with van der Waals surface area (Å²) in [6.07, 6.45) is 5.37. The van der Waals surface area contributed by atoms with E-state index in [-0.39, 0.29) is 23.7 Å². The van der Waals surface area contributed by atoms with Crippen LogP contribution in [0.4, 0.5) is 5.69 Å². The van der Waals surface area contributed by atoms with Gasteiger partial charge in [0, 0.05) is 10.9 Å². The van der Waals surface area contributed by atoms with E-state index in [0.717, 1.165) is 0 Å². The Labute approximate surface area is 189 Å². The van der Waals surface area contributed by atoms with Crippen molar-refractivity contribution in [3.8, 4) is 35.5 Å². The van der Waals surface area contributed by atoms with Gasteiger partial charge in [-0.25, -0.2) is 0 Å². The number of benzene rings is 2. The molecule has 2 amide bonds. The molecule has 0 unspecified atom stereocenters. The lowest BCUT2D eigenvalue weighted by atomic mass is 10.1. The second-order valence-electron chi connectivity index (χ2n) is 6.67. The first-order valence-corrected chi connectivity index (χ1v) is 9.71. The Morgan fingerprint density at radius 2 is 1.79 bits per heavy atom. The highest BCUT2D eigenvalue weighted by Crippen LogP contribution is 2.39. The molecule has 0 spiro atoms. The second-order valence-corrected chi connectivity index (χ2v) is 6.67. The summed E-state index contributed by atoms with van der Waals surface area (Å²) < 4.78 is 17.2.